The minimum absolute atomic E-state index is 0.0756. The van der Waals surface area contributed by atoms with Crippen molar-refractivity contribution < 1.29 is 9.53 Å². The molecule has 0 aliphatic carbocycles. The first-order valence-electron chi connectivity index (χ1n) is 6.46. The van der Waals surface area contributed by atoms with Gasteiger partial charge in [-0.2, -0.15) is 5.26 Å². The number of nitrogens with zero attached hydrogens (tertiary/aromatic N) is 1. The van der Waals surface area contributed by atoms with Crippen molar-refractivity contribution in [3.63, 3.8) is 0 Å². The van der Waals surface area contributed by atoms with Crippen LogP contribution < -0.4 is 4.74 Å². The van der Waals surface area contributed by atoms with Gasteiger partial charge in [0.2, 0.25) is 0 Å². The van der Waals surface area contributed by atoms with Gasteiger partial charge in [0, 0.05) is 12.0 Å². The van der Waals surface area contributed by atoms with E-state index in [0.717, 1.165) is 5.56 Å². The standard InChI is InChI=1S/C17H15NO2/c18-12-10-14-6-8-16(9-7-14)20-13-11-17(19)15-4-2-1-3-5-15/h1-9H,10-11,13H2. The van der Waals surface area contributed by atoms with Crippen LogP contribution in [0.2, 0.25) is 0 Å². The van der Waals surface area contributed by atoms with Crippen molar-refractivity contribution in [3.8, 4) is 11.8 Å². The monoisotopic (exact) mass is 265 g/mol. The van der Waals surface area contributed by atoms with Crippen LogP contribution in [0.5, 0.6) is 5.75 Å². The van der Waals surface area contributed by atoms with Gasteiger partial charge in [-0.15, -0.1) is 0 Å². The zero-order valence-corrected chi connectivity index (χ0v) is 11.1. The maximum atomic E-state index is 11.9. The van der Waals surface area contributed by atoms with Crippen molar-refractivity contribution in [1.82, 2.24) is 0 Å². The number of hydrogen-bond donors (Lipinski definition) is 0. The van der Waals surface area contributed by atoms with Gasteiger partial charge in [-0.25, -0.2) is 0 Å². The summed E-state index contributed by atoms with van der Waals surface area (Å²) in [6, 6.07) is 18.6. The predicted octanol–water partition coefficient (Wildman–Crippen LogP) is 3.40. The summed E-state index contributed by atoms with van der Waals surface area (Å²) in [6.45, 7) is 0.353. The summed E-state index contributed by atoms with van der Waals surface area (Å²) >= 11 is 0. The van der Waals surface area contributed by atoms with E-state index in [1.807, 2.05) is 42.5 Å². The van der Waals surface area contributed by atoms with E-state index in [4.69, 9.17) is 10.00 Å². The fraction of sp³-hybridized carbons (Fsp3) is 0.176. The van der Waals surface area contributed by atoms with Crippen molar-refractivity contribution in [2.45, 2.75) is 12.8 Å². The average molecular weight is 265 g/mol. The maximum absolute atomic E-state index is 11.9. The molecule has 0 unspecified atom stereocenters. The summed E-state index contributed by atoms with van der Waals surface area (Å²) in [5.41, 5.74) is 1.67. The Bertz CT molecular complexity index is 597. The second-order valence-electron chi connectivity index (χ2n) is 4.37. The molecule has 0 spiro atoms. The first kappa shape index (κ1) is 13.8. The van der Waals surface area contributed by atoms with E-state index in [9.17, 15) is 4.79 Å². The highest BCUT2D eigenvalue weighted by molar-refractivity contribution is 5.96. The second kappa shape index (κ2) is 7.10. The second-order valence-corrected chi connectivity index (χ2v) is 4.37. The molecule has 2 aromatic carbocycles. The zero-order chi connectivity index (χ0) is 14.2. The summed E-state index contributed by atoms with van der Waals surface area (Å²) in [5, 5.41) is 8.58. The van der Waals surface area contributed by atoms with Crippen molar-refractivity contribution >= 4 is 5.78 Å². The normalized spacial score (nSPS) is 9.75. The number of carbonyl (C=O) groups is 1. The smallest absolute Gasteiger partial charge is 0.166 e. The van der Waals surface area contributed by atoms with Gasteiger partial charge in [-0.1, -0.05) is 42.5 Å². The third kappa shape index (κ3) is 3.96. The van der Waals surface area contributed by atoms with Crippen LogP contribution in [0.25, 0.3) is 0 Å². The summed E-state index contributed by atoms with van der Waals surface area (Å²) < 4.78 is 5.53. The van der Waals surface area contributed by atoms with E-state index in [1.165, 1.54) is 0 Å². The van der Waals surface area contributed by atoms with Gasteiger partial charge in [0.15, 0.2) is 5.78 Å². The first-order valence-corrected chi connectivity index (χ1v) is 6.46. The molecule has 2 aromatic rings. The quantitative estimate of drug-likeness (QED) is 0.752. The number of ketones is 1. The number of ether oxygens (including phenoxy) is 1. The van der Waals surface area contributed by atoms with Crippen LogP contribution in [0.15, 0.2) is 54.6 Å². The van der Waals surface area contributed by atoms with Gasteiger partial charge < -0.3 is 4.74 Å². The molecular formula is C17H15NO2. The van der Waals surface area contributed by atoms with Crippen molar-refractivity contribution in [2.75, 3.05) is 6.61 Å². The Morgan fingerprint density at radius 1 is 1.05 bits per heavy atom. The van der Waals surface area contributed by atoms with Gasteiger partial charge in [-0.05, 0) is 17.7 Å². The lowest BCUT2D eigenvalue weighted by atomic mass is 10.1. The largest absolute Gasteiger partial charge is 0.493 e. The molecule has 20 heavy (non-hydrogen) atoms. The first-order chi connectivity index (χ1) is 9.79. The average Bonchev–Trinajstić information content (AvgIpc) is 2.50. The van der Waals surface area contributed by atoms with Crippen LogP contribution in [-0.2, 0) is 6.42 Å². The zero-order valence-electron chi connectivity index (χ0n) is 11.1. The lowest BCUT2D eigenvalue weighted by Crippen LogP contribution is -2.06. The number of carbonyl (C=O) groups excluding carboxylic acids is 1. The molecule has 0 heterocycles. The van der Waals surface area contributed by atoms with Gasteiger partial charge in [-0.3, -0.25) is 4.79 Å². The van der Waals surface area contributed by atoms with Gasteiger partial charge >= 0.3 is 0 Å². The number of nitriles is 1. The molecule has 3 heteroatoms. The van der Waals surface area contributed by atoms with Gasteiger partial charge in [0.05, 0.1) is 19.1 Å². The van der Waals surface area contributed by atoms with Crippen LogP contribution in [0, 0.1) is 11.3 Å². The van der Waals surface area contributed by atoms with Gasteiger partial charge in [0.1, 0.15) is 5.75 Å². The number of benzene rings is 2. The Kier molecular flexibility index (Phi) is 4.91. The van der Waals surface area contributed by atoms with Crippen LogP contribution in [-0.4, -0.2) is 12.4 Å². The number of Topliss-reactive ketones (excluding diaryl/α,β-unsaturated/α-hetero) is 1. The molecule has 2 rings (SSSR count). The van der Waals surface area contributed by atoms with Crippen molar-refractivity contribution in [2.24, 2.45) is 0 Å². The Hall–Kier alpha value is -2.60. The van der Waals surface area contributed by atoms with E-state index in [-0.39, 0.29) is 5.78 Å². The summed E-state index contributed by atoms with van der Waals surface area (Å²) in [5.74, 6) is 0.791. The molecular weight excluding hydrogens is 250 g/mol. The molecule has 0 saturated heterocycles. The molecule has 0 atom stereocenters. The Morgan fingerprint density at radius 2 is 1.75 bits per heavy atom. The van der Waals surface area contributed by atoms with E-state index < -0.39 is 0 Å². The molecule has 0 aliphatic rings. The van der Waals surface area contributed by atoms with Crippen molar-refractivity contribution in [1.29, 1.82) is 5.26 Å². The van der Waals surface area contributed by atoms with Gasteiger partial charge in [0.25, 0.3) is 0 Å². The predicted molar refractivity (Wildman–Crippen MR) is 76.6 cm³/mol. The van der Waals surface area contributed by atoms with E-state index >= 15 is 0 Å². The Labute approximate surface area is 118 Å². The maximum Gasteiger partial charge on any atom is 0.166 e. The molecule has 0 amide bonds. The van der Waals surface area contributed by atoms with Crippen molar-refractivity contribution in [3.05, 3.63) is 65.7 Å². The fourth-order valence-electron chi connectivity index (χ4n) is 1.82. The minimum atomic E-state index is 0.0756. The lowest BCUT2D eigenvalue weighted by molar-refractivity contribution is 0.0962. The molecule has 0 aliphatic heterocycles. The third-order valence-corrected chi connectivity index (χ3v) is 2.90. The highest BCUT2D eigenvalue weighted by Crippen LogP contribution is 2.13. The minimum Gasteiger partial charge on any atom is -0.493 e. The molecule has 0 saturated carbocycles. The molecule has 0 fully saturated rings. The Balaban J connectivity index is 1.81. The molecule has 0 radical (unpaired) electrons. The van der Waals surface area contributed by atoms with Crippen LogP contribution in [0.3, 0.4) is 0 Å². The number of hydrogen-bond acceptors (Lipinski definition) is 3. The molecule has 0 N–H and O–H groups in total. The van der Waals surface area contributed by atoms with E-state index in [1.54, 1.807) is 12.1 Å². The molecule has 3 nitrogen and oxygen atoms in total. The highest BCUT2D eigenvalue weighted by Gasteiger charge is 2.05. The molecule has 0 bridgehead atoms. The van der Waals surface area contributed by atoms with Crippen LogP contribution in [0.4, 0.5) is 0 Å². The molecule has 100 valence electrons. The topological polar surface area (TPSA) is 50.1 Å². The Morgan fingerprint density at radius 3 is 2.40 bits per heavy atom. The van der Waals surface area contributed by atoms with E-state index in [2.05, 4.69) is 6.07 Å². The summed E-state index contributed by atoms with van der Waals surface area (Å²) in [4.78, 5) is 11.9. The SMILES string of the molecule is N#CCc1ccc(OCCC(=O)c2ccccc2)cc1. The highest BCUT2D eigenvalue weighted by atomic mass is 16.5. The number of rotatable bonds is 6. The van der Waals surface area contributed by atoms with Crippen LogP contribution in [0.1, 0.15) is 22.3 Å². The lowest BCUT2D eigenvalue weighted by Gasteiger charge is -2.06. The third-order valence-electron chi connectivity index (χ3n) is 2.90. The van der Waals surface area contributed by atoms with Crippen LogP contribution >= 0.6 is 0 Å². The summed E-state index contributed by atoms with van der Waals surface area (Å²) in [6.07, 6.45) is 0.747. The van der Waals surface area contributed by atoms with E-state index in [0.29, 0.717) is 30.8 Å². The molecule has 0 aromatic heterocycles. The summed E-state index contributed by atoms with van der Waals surface area (Å²) in [7, 11) is 0. The fourth-order valence-corrected chi connectivity index (χ4v) is 1.82.